The molecule has 0 saturated carbocycles. The number of carbonyl (C=O) groups is 3. The molecule has 0 saturated heterocycles. The van der Waals surface area contributed by atoms with Crippen LogP contribution in [0.25, 0.3) is 0 Å². The van der Waals surface area contributed by atoms with E-state index in [-0.39, 0.29) is 36.2 Å². The number of anilines is 1. The molecule has 1 aliphatic heterocycles. The minimum absolute atomic E-state index is 0.192. The Hall–Kier alpha value is -3.55. The van der Waals surface area contributed by atoms with Gasteiger partial charge in [0.25, 0.3) is 11.8 Å². The molecule has 8 nitrogen and oxygen atoms in total. The van der Waals surface area contributed by atoms with E-state index < -0.39 is 11.9 Å². The number of hydrogen-bond donors (Lipinski definition) is 1. The summed E-state index contributed by atoms with van der Waals surface area (Å²) in [5, 5.41) is 0. The van der Waals surface area contributed by atoms with Crippen LogP contribution < -0.4 is 20.1 Å². The number of nitrogens with zero attached hydrogens (tertiary/aromatic N) is 1. The maximum atomic E-state index is 12.4. The maximum absolute atomic E-state index is 12.4. The highest BCUT2D eigenvalue weighted by atomic mass is 16.5. The standard InChI is InChI=1S/C20H20N2O6/c1-26-17-10-14(6-7-16(17)27-11-18(21)23)20(25)28-12-19(24)22-9-8-13-4-2-3-5-15(13)22/h2-7,10H,8-9,11-12H2,1H3,(H2,21,23). The summed E-state index contributed by atoms with van der Waals surface area (Å²) in [4.78, 5) is 37.2. The number of carbonyl (C=O) groups excluding carboxylic acids is 3. The first kappa shape index (κ1) is 19.2. The van der Waals surface area contributed by atoms with Crippen LogP contribution in [0.4, 0.5) is 5.69 Å². The third-order valence-corrected chi connectivity index (χ3v) is 4.28. The van der Waals surface area contributed by atoms with Crippen molar-refractivity contribution in [2.75, 3.05) is 31.8 Å². The van der Waals surface area contributed by atoms with Gasteiger partial charge in [0.1, 0.15) is 0 Å². The van der Waals surface area contributed by atoms with Gasteiger partial charge in [0.15, 0.2) is 24.7 Å². The molecule has 0 bridgehead atoms. The largest absolute Gasteiger partial charge is 0.493 e. The van der Waals surface area contributed by atoms with Crippen LogP contribution in [0, 0.1) is 0 Å². The van der Waals surface area contributed by atoms with Crippen molar-refractivity contribution in [1.29, 1.82) is 0 Å². The molecule has 0 radical (unpaired) electrons. The summed E-state index contributed by atoms with van der Waals surface area (Å²) in [7, 11) is 1.40. The second-order valence-electron chi connectivity index (χ2n) is 6.12. The number of hydrogen-bond acceptors (Lipinski definition) is 6. The van der Waals surface area contributed by atoms with Crippen molar-refractivity contribution in [3.63, 3.8) is 0 Å². The van der Waals surface area contributed by atoms with E-state index in [0.29, 0.717) is 6.54 Å². The van der Waals surface area contributed by atoms with E-state index in [4.69, 9.17) is 19.9 Å². The van der Waals surface area contributed by atoms with Crippen LogP contribution >= 0.6 is 0 Å². The van der Waals surface area contributed by atoms with Crippen molar-refractivity contribution < 1.29 is 28.6 Å². The van der Waals surface area contributed by atoms with Gasteiger partial charge in [-0.15, -0.1) is 0 Å². The van der Waals surface area contributed by atoms with Crippen LogP contribution in [0.5, 0.6) is 11.5 Å². The Morgan fingerprint density at radius 1 is 1.07 bits per heavy atom. The number of para-hydroxylation sites is 1. The summed E-state index contributed by atoms with van der Waals surface area (Å²) >= 11 is 0. The molecule has 2 amide bonds. The smallest absolute Gasteiger partial charge is 0.338 e. The second-order valence-corrected chi connectivity index (χ2v) is 6.12. The average Bonchev–Trinajstić information content (AvgIpc) is 3.14. The van der Waals surface area contributed by atoms with E-state index in [0.717, 1.165) is 17.7 Å². The number of primary amides is 1. The molecule has 8 heteroatoms. The zero-order chi connectivity index (χ0) is 20.1. The average molecular weight is 384 g/mol. The third kappa shape index (κ3) is 4.22. The molecule has 2 aromatic rings. The molecule has 0 aliphatic carbocycles. The van der Waals surface area contributed by atoms with Crippen LogP contribution in [0.15, 0.2) is 42.5 Å². The summed E-state index contributed by atoms with van der Waals surface area (Å²) in [6.07, 6.45) is 0.778. The summed E-state index contributed by atoms with van der Waals surface area (Å²) in [5.41, 5.74) is 7.18. The molecule has 28 heavy (non-hydrogen) atoms. The summed E-state index contributed by atoms with van der Waals surface area (Å²) < 4.78 is 15.5. The van der Waals surface area contributed by atoms with Crippen LogP contribution in [-0.2, 0) is 20.7 Å². The quantitative estimate of drug-likeness (QED) is 0.721. The third-order valence-electron chi connectivity index (χ3n) is 4.28. The fourth-order valence-corrected chi connectivity index (χ4v) is 2.95. The van der Waals surface area contributed by atoms with Crippen LogP contribution in [-0.4, -0.2) is 44.7 Å². The van der Waals surface area contributed by atoms with Crippen LogP contribution in [0.3, 0.4) is 0 Å². The number of ether oxygens (including phenoxy) is 3. The van der Waals surface area contributed by atoms with Crippen molar-refractivity contribution in [2.24, 2.45) is 5.73 Å². The van der Waals surface area contributed by atoms with Gasteiger partial charge in [0.05, 0.1) is 12.7 Å². The van der Waals surface area contributed by atoms with Gasteiger partial charge in [0, 0.05) is 12.2 Å². The highest BCUT2D eigenvalue weighted by Gasteiger charge is 2.25. The first-order valence-electron chi connectivity index (χ1n) is 8.64. The molecule has 1 heterocycles. The number of esters is 1. The Morgan fingerprint density at radius 2 is 1.86 bits per heavy atom. The fourth-order valence-electron chi connectivity index (χ4n) is 2.95. The Bertz CT molecular complexity index is 911. The lowest BCUT2D eigenvalue weighted by atomic mass is 10.2. The van der Waals surface area contributed by atoms with Gasteiger partial charge in [-0.25, -0.2) is 4.79 Å². The van der Waals surface area contributed by atoms with Gasteiger partial charge in [-0.3, -0.25) is 9.59 Å². The topological polar surface area (TPSA) is 108 Å². The zero-order valence-electron chi connectivity index (χ0n) is 15.3. The van der Waals surface area contributed by atoms with Crippen LogP contribution in [0.2, 0.25) is 0 Å². The van der Waals surface area contributed by atoms with Gasteiger partial charge in [-0.05, 0) is 36.2 Å². The van der Waals surface area contributed by atoms with Crippen molar-refractivity contribution in [1.82, 2.24) is 0 Å². The lowest BCUT2D eigenvalue weighted by molar-refractivity contribution is -0.121. The van der Waals surface area contributed by atoms with E-state index in [2.05, 4.69) is 0 Å². The molecule has 2 aromatic carbocycles. The Balaban J connectivity index is 1.62. The number of methoxy groups -OCH3 is 1. The van der Waals surface area contributed by atoms with Gasteiger partial charge in [-0.1, -0.05) is 18.2 Å². The monoisotopic (exact) mass is 384 g/mol. The number of nitrogens with two attached hydrogens (primary N) is 1. The Morgan fingerprint density at radius 3 is 2.61 bits per heavy atom. The van der Waals surface area contributed by atoms with Crippen molar-refractivity contribution in [2.45, 2.75) is 6.42 Å². The minimum atomic E-state index is -0.666. The SMILES string of the molecule is COc1cc(C(=O)OCC(=O)N2CCc3ccccc32)ccc1OCC(N)=O. The molecule has 0 atom stereocenters. The van der Waals surface area contributed by atoms with E-state index in [9.17, 15) is 14.4 Å². The first-order valence-corrected chi connectivity index (χ1v) is 8.64. The lowest BCUT2D eigenvalue weighted by Crippen LogP contribution is -2.33. The predicted molar refractivity (Wildman–Crippen MR) is 100 cm³/mol. The summed E-state index contributed by atoms with van der Waals surface area (Å²) in [6, 6.07) is 12.0. The van der Waals surface area contributed by atoms with Crippen molar-refractivity contribution >= 4 is 23.5 Å². The summed E-state index contributed by atoms with van der Waals surface area (Å²) in [6.45, 7) is -0.114. The van der Waals surface area contributed by atoms with E-state index >= 15 is 0 Å². The molecule has 0 spiro atoms. The predicted octanol–water partition coefficient (Wildman–Crippen LogP) is 1.31. The molecule has 0 unspecified atom stereocenters. The fraction of sp³-hybridized carbons (Fsp3) is 0.250. The number of fused-ring (bicyclic) bond motifs is 1. The highest BCUT2D eigenvalue weighted by molar-refractivity contribution is 5.98. The first-order chi connectivity index (χ1) is 13.5. The van der Waals surface area contributed by atoms with Gasteiger partial charge in [0.2, 0.25) is 0 Å². The van der Waals surface area contributed by atoms with Crippen molar-refractivity contribution in [3.8, 4) is 11.5 Å². The summed E-state index contributed by atoms with van der Waals surface area (Å²) in [5.74, 6) is -1.07. The molecule has 0 aromatic heterocycles. The van der Waals surface area contributed by atoms with E-state index in [1.54, 1.807) is 4.90 Å². The zero-order valence-corrected chi connectivity index (χ0v) is 15.3. The molecule has 0 fully saturated rings. The van der Waals surface area contributed by atoms with Crippen LogP contribution in [0.1, 0.15) is 15.9 Å². The normalized spacial score (nSPS) is 12.2. The molecular formula is C20H20N2O6. The molecule has 146 valence electrons. The molecule has 3 rings (SSSR count). The molecular weight excluding hydrogens is 364 g/mol. The Labute approximate surface area is 161 Å². The van der Waals surface area contributed by atoms with Crippen molar-refractivity contribution in [3.05, 3.63) is 53.6 Å². The molecule has 2 N–H and O–H groups in total. The minimum Gasteiger partial charge on any atom is -0.493 e. The number of benzene rings is 2. The Kier molecular flexibility index (Phi) is 5.78. The molecule has 1 aliphatic rings. The lowest BCUT2D eigenvalue weighted by Gasteiger charge is -2.17. The number of rotatable bonds is 7. The van der Waals surface area contributed by atoms with E-state index in [1.807, 2.05) is 24.3 Å². The van der Waals surface area contributed by atoms with Gasteiger partial charge < -0.3 is 24.8 Å². The number of amides is 2. The van der Waals surface area contributed by atoms with Gasteiger partial charge >= 0.3 is 5.97 Å². The second kappa shape index (κ2) is 8.43. The maximum Gasteiger partial charge on any atom is 0.338 e. The highest BCUT2D eigenvalue weighted by Crippen LogP contribution is 2.29. The van der Waals surface area contributed by atoms with E-state index in [1.165, 1.54) is 25.3 Å². The van der Waals surface area contributed by atoms with Gasteiger partial charge in [-0.2, -0.15) is 0 Å².